The molecule has 24 heavy (non-hydrogen) atoms. The van der Waals surface area contributed by atoms with Crippen LogP contribution in [0.15, 0.2) is 53.7 Å². The lowest BCUT2D eigenvalue weighted by atomic mass is 10.1. The van der Waals surface area contributed by atoms with Gasteiger partial charge in [-0.05, 0) is 26.0 Å². The maximum atomic E-state index is 13.8. The van der Waals surface area contributed by atoms with Crippen molar-refractivity contribution >= 4 is 17.5 Å². The third kappa shape index (κ3) is 3.54. The van der Waals surface area contributed by atoms with Crippen molar-refractivity contribution in [2.75, 3.05) is 0 Å². The Morgan fingerprint density at radius 2 is 1.88 bits per heavy atom. The van der Waals surface area contributed by atoms with Gasteiger partial charge < -0.3 is 0 Å². The lowest BCUT2D eigenvalue weighted by molar-refractivity contribution is 0.0994. The largest absolute Gasteiger partial charge is 0.293 e. The summed E-state index contributed by atoms with van der Waals surface area (Å²) >= 11 is 1.25. The average molecular weight is 341 g/mol. The number of nitrogens with zero attached hydrogens (tertiary/aromatic N) is 2. The van der Waals surface area contributed by atoms with Crippen LogP contribution >= 0.6 is 11.8 Å². The fourth-order valence-corrected chi connectivity index (χ4v) is 3.04. The van der Waals surface area contributed by atoms with Gasteiger partial charge in [0.2, 0.25) is 5.16 Å². The van der Waals surface area contributed by atoms with Gasteiger partial charge in [0.05, 0.1) is 10.8 Å². The van der Waals surface area contributed by atoms with Crippen molar-refractivity contribution in [1.29, 1.82) is 0 Å². The Bertz CT molecular complexity index is 861. The molecule has 1 atom stereocenters. The summed E-state index contributed by atoms with van der Waals surface area (Å²) in [6.07, 6.45) is 0. The molecular formula is C18H16FN3OS. The number of halogens is 1. The van der Waals surface area contributed by atoms with E-state index in [2.05, 4.69) is 15.2 Å². The van der Waals surface area contributed by atoms with E-state index >= 15 is 0 Å². The van der Waals surface area contributed by atoms with Gasteiger partial charge in [0.25, 0.3) is 0 Å². The van der Waals surface area contributed by atoms with Gasteiger partial charge in [-0.1, -0.05) is 53.7 Å². The van der Waals surface area contributed by atoms with Gasteiger partial charge in [0.1, 0.15) is 5.82 Å². The maximum absolute atomic E-state index is 13.8. The summed E-state index contributed by atoms with van der Waals surface area (Å²) in [7, 11) is 0. The minimum Gasteiger partial charge on any atom is -0.293 e. The van der Waals surface area contributed by atoms with E-state index in [0.717, 1.165) is 5.56 Å². The first-order valence-electron chi connectivity index (χ1n) is 7.49. The quantitative estimate of drug-likeness (QED) is 0.556. The highest BCUT2D eigenvalue weighted by Gasteiger charge is 2.19. The van der Waals surface area contributed by atoms with E-state index in [0.29, 0.717) is 22.1 Å². The average Bonchev–Trinajstić information content (AvgIpc) is 3.03. The molecule has 1 heterocycles. The maximum Gasteiger partial charge on any atom is 0.209 e. The summed E-state index contributed by atoms with van der Waals surface area (Å²) in [6, 6.07) is 13.8. The summed E-state index contributed by atoms with van der Waals surface area (Å²) in [5.41, 5.74) is 2.12. The summed E-state index contributed by atoms with van der Waals surface area (Å²) < 4.78 is 13.8. The Labute approximate surface area is 143 Å². The summed E-state index contributed by atoms with van der Waals surface area (Å²) in [5.74, 6) is -0.00296. The predicted molar refractivity (Wildman–Crippen MR) is 92.6 cm³/mol. The van der Waals surface area contributed by atoms with Crippen molar-refractivity contribution in [2.45, 2.75) is 24.3 Å². The zero-order valence-electron chi connectivity index (χ0n) is 13.3. The molecule has 0 aliphatic rings. The van der Waals surface area contributed by atoms with Gasteiger partial charge in [0.15, 0.2) is 11.6 Å². The second kappa shape index (κ2) is 6.97. The molecule has 1 aromatic heterocycles. The van der Waals surface area contributed by atoms with E-state index in [4.69, 9.17) is 0 Å². The van der Waals surface area contributed by atoms with E-state index in [-0.39, 0.29) is 16.9 Å². The third-order valence-electron chi connectivity index (χ3n) is 3.58. The number of aromatic amines is 1. The third-order valence-corrected chi connectivity index (χ3v) is 4.54. The minimum atomic E-state index is -0.367. The van der Waals surface area contributed by atoms with Gasteiger partial charge in [-0.15, -0.1) is 5.10 Å². The first-order valence-corrected chi connectivity index (χ1v) is 8.37. The molecule has 0 radical (unpaired) electrons. The summed E-state index contributed by atoms with van der Waals surface area (Å²) in [6.45, 7) is 3.79. The number of benzene rings is 2. The van der Waals surface area contributed by atoms with E-state index in [9.17, 15) is 9.18 Å². The van der Waals surface area contributed by atoms with Gasteiger partial charge in [0, 0.05) is 5.56 Å². The van der Waals surface area contributed by atoms with Crippen LogP contribution in [0.1, 0.15) is 22.8 Å². The first kappa shape index (κ1) is 16.4. The molecule has 1 N–H and O–H groups in total. The number of nitrogens with one attached hydrogen (secondary N) is 1. The minimum absolute atomic E-state index is 0.0113. The number of thioether (sulfide) groups is 1. The van der Waals surface area contributed by atoms with E-state index in [1.54, 1.807) is 18.2 Å². The van der Waals surface area contributed by atoms with Crippen molar-refractivity contribution in [1.82, 2.24) is 15.2 Å². The molecule has 0 saturated carbocycles. The Balaban J connectivity index is 1.73. The number of hydrogen-bond acceptors (Lipinski definition) is 4. The molecule has 0 aliphatic carbocycles. The Morgan fingerprint density at radius 1 is 1.17 bits per heavy atom. The molecule has 2 aromatic carbocycles. The van der Waals surface area contributed by atoms with E-state index in [1.165, 1.54) is 17.8 Å². The number of carbonyl (C=O) groups is 1. The van der Waals surface area contributed by atoms with Crippen LogP contribution in [0, 0.1) is 12.7 Å². The van der Waals surface area contributed by atoms with Crippen LogP contribution in [0.3, 0.4) is 0 Å². The number of ketones is 1. The van der Waals surface area contributed by atoms with Crippen LogP contribution in [-0.2, 0) is 0 Å². The van der Waals surface area contributed by atoms with Crippen LogP contribution < -0.4 is 0 Å². The topological polar surface area (TPSA) is 58.6 Å². The standard InChI is InChI=1S/C18H16FN3OS/c1-11-7-9-13(10-8-11)16(23)12(2)24-18-20-17(21-22-18)14-5-3-4-6-15(14)19/h3-10,12H,1-2H3,(H,20,21,22)/t12-/m0/s1. The Morgan fingerprint density at radius 3 is 2.58 bits per heavy atom. The predicted octanol–water partition coefficient (Wildman–Crippen LogP) is 4.28. The monoisotopic (exact) mass is 341 g/mol. The van der Waals surface area contributed by atoms with Crippen LogP contribution in [0.4, 0.5) is 4.39 Å². The van der Waals surface area contributed by atoms with Crippen molar-refractivity contribution in [3.05, 3.63) is 65.5 Å². The van der Waals surface area contributed by atoms with Crippen LogP contribution in [0.2, 0.25) is 0 Å². The van der Waals surface area contributed by atoms with Gasteiger partial charge >= 0.3 is 0 Å². The molecule has 0 spiro atoms. The first-order chi connectivity index (χ1) is 11.5. The molecule has 0 fully saturated rings. The van der Waals surface area contributed by atoms with Crippen LogP contribution in [0.5, 0.6) is 0 Å². The van der Waals surface area contributed by atoms with Gasteiger partial charge in [-0.2, -0.15) is 0 Å². The molecule has 6 heteroatoms. The van der Waals surface area contributed by atoms with Crippen LogP contribution in [0.25, 0.3) is 11.4 Å². The second-order valence-corrected chi connectivity index (χ2v) is 6.74. The van der Waals surface area contributed by atoms with E-state index in [1.807, 2.05) is 38.1 Å². The van der Waals surface area contributed by atoms with Crippen molar-refractivity contribution in [3.8, 4) is 11.4 Å². The molecule has 0 saturated heterocycles. The number of rotatable bonds is 5. The smallest absolute Gasteiger partial charge is 0.209 e. The zero-order chi connectivity index (χ0) is 17.1. The highest BCUT2D eigenvalue weighted by atomic mass is 32.2. The number of H-pyrrole nitrogens is 1. The number of carbonyl (C=O) groups excluding carboxylic acids is 1. The zero-order valence-corrected chi connectivity index (χ0v) is 14.1. The second-order valence-electron chi connectivity index (χ2n) is 5.44. The Kier molecular flexibility index (Phi) is 4.76. The van der Waals surface area contributed by atoms with Gasteiger partial charge in [-0.3, -0.25) is 9.89 Å². The molecule has 0 amide bonds. The van der Waals surface area contributed by atoms with Crippen molar-refractivity contribution < 1.29 is 9.18 Å². The number of aromatic nitrogens is 3. The molecule has 0 aliphatic heterocycles. The Hall–Kier alpha value is -2.47. The normalized spacial score (nSPS) is 12.1. The van der Waals surface area contributed by atoms with Crippen molar-refractivity contribution in [2.24, 2.45) is 0 Å². The number of aryl methyl sites for hydroxylation is 1. The SMILES string of the molecule is Cc1ccc(C(=O)[C@H](C)Sc2n[nH]c(-c3ccccc3F)n2)cc1. The van der Waals surface area contributed by atoms with E-state index < -0.39 is 0 Å². The molecule has 4 nitrogen and oxygen atoms in total. The molecular weight excluding hydrogens is 325 g/mol. The molecule has 0 unspecified atom stereocenters. The number of Topliss-reactive ketones (excluding diaryl/α,β-unsaturated/α-hetero) is 1. The van der Waals surface area contributed by atoms with Crippen LogP contribution in [-0.4, -0.2) is 26.2 Å². The van der Waals surface area contributed by atoms with Gasteiger partial charge in [-0.25, -0.2) is 9.37 Å². The molecule has 0 bridgehead atoms. The molecule has 3 aromatic rings. The summed E-state index contributed by atoms with van der Waals surface area (Å²) in [5, 5.41) is 6.87. The number of hydrogen-bond donors (Lipinski definition) is 1. The lowest BCUT2D eigenvalue weighted by Crippen LogP contribution is -2.13. The summed E-state index contributed by atoms with van der Waals surface area (Å²) in [4.78, 5) is 16.7. The molecule has 3 rings (SSSR count). The fraction of sp³-hybridized carbons (Fsp3) is 0.167. The molecule has 122 valence electrons. The lowest BCUT2D eigenvalue weighted by Gasteiger charge is -2.07. The fourth-order valence-electron chi connectivity index (χ4n) is 2.24. The highest BCUT2D eigenvalue weighted by Crippen LogP contribution is 2.25. The highest BCUT2D eigenvalue weighted by molar-refractivity contribution is 8.00. The van der Waals surface area contributed by atoms with Crippen molar-refractivity contribution in [3.63, 3.8) is 0 Å².